The first-order chi connectivity index (χ1) is 4.86. The van der Waals surface area contributed by atoms with Gasteiger partial charge in [0.2, 0.25) is 0 Å². The first-order valence-corrected chi connectivity index (χ1v) is 7.38. The standard InChI is InChI=1S/C9H16NP.H2O/c1-11(2,3,10)9-7-5-4-6-8-9;/h4-8H,10H2,1-3H3;1H2. The molecule has 3 heteroatoms. The van der Waals surface area contributed by atoms with Crippen molar-refractivity contribution in [3.05, 3.63) is 30.3 Å². The molecule has 0 amide bonds. The molecule has 0 radical (unpaired) electrons. The van der Waals surface area contributed by atoms with Crippen LogP contribution in [0.25, 0.3) is 0 Å². The maximum atomic E-state index is 6.23. The van der Waals surface area contributed by atoms with Gasteiger partial charge in [-0.3, -0.25) is 0 Å². The molecule has 1 aromatic carbocycles. The van der Waals surface area contributed by atoms with Crippen molar-refractivity contribution in [2.24, 2.45) is 5.50 Å². The second-order valence-electron chi connectivity index (χ2n) is 4.25. The van der Waals surface area contributed by atoms with Crippen LogP contribution in [0.4, 0.5) is 0 Å². The zero-order valence-corrected chi connectivity index (χ0v) is 8.81. The van der Waals surface area contributed by atoms with E-state index in [1.165, 1.54) is 5.30 Å². The van der Waals surface area contributed by atoms with Gasteiger partial charge >= 0.3 is 67.9 Å². The molecule has 0 fully saturated rings. The van der Waals surface area contributed by atoms with Crippen LogP contribution in [-0.4, -0.2) is 25.5 Å². The first-order valence-electron chi connectivity index (χ1n) is 3.73. The zero-order chi connectivity index (χ0) is 8.56. The van der Waals surface area contributed by atoms with Crippen LogP contribution < -0.4 is 10.8 Å². The summed E-state index contributed by atoms with van der Waals surface area (Å²) < 4.78 is 0. The monoisotopic (exact) mass is 187 g/mol. The molecule has 0 saturated heterocycles. The molecule has 0 spiro atoms. The molecule has 0 unspecified atom stereocenters. The fraction of sp³-hybridized carbons (Fsp3) is 0.333. The van der Waals surface area contributed by atoms with Crippen LogP contribution in [0.3, 0.4) is 0 Å². The van der Waals surface area contributed by atoms with Crippen molar-refractivity contribution in [2.45, 2.75) is 0 Å². The maximum absolute atomic E-state index is 6.23. The molecule has 0 aliphatic rings. The van der Waals surface area contributed by atoms with Crippen LogP contribution in [-0.2, 0) is 0 Å². The Labute approximate surface area is 74.1 Å². The van der Waals surface area contributed by atoms with Gasteiger partial charge in [0.25, 0.3) is 0 Å². The predicted octanol–water partition coefficient (Wildman–Crippen LogP) is 0.804. The van der Waals surface area contributed by atoms with Crippen molar-refractivity contribution in [2.75, 3.05) is 20.0 Å². The second-order valence-corrected chi connectivity index (χ2v) is 10.6. The summed E-state index contributed by atoms with van der Waals surface area (Å²) in [5, 5.41) is 1.29. The molecule has 70 valence electrons. The minimum absolute atomic E-state index is 0. The minimum atomic E-state index is -1.99. The molecular weight excluding hydrogens is 169 g/mol. The van der Waals surface area contributed by atoms with Crippen LogP contribution in [0.5, 0.6) is 0 Å². The summed E-state index contributed by atoms with van der Waals surface area (Å²) >= 11 is 0. The van der Waals surface area contributed by atoms with Gasteiger partial charge in [0.05, 0.1) is 0 Å². The van der Waals surface area contributed by atoms with Gasteiger partial charge in [-0.15, -0.1) is 0 Å². The molecule has 1 aromatic rings. The van der Waals surface area contributed by atoms with Gasteiger partial charge in [-0.1, -0.05) is 0 Å². The Morgan fingerprint density at radius 1 is 1.00 bits per heavy atom. The average Bonchev–Trinajstić information content (AvgIpc) is 1.86. The van der Waals surface area contributed by atoms with E-state index in [1.807, 2.05) is 18.2 Å². The van der Waals surface area contributed by atoms with Crippen LogP contribution in [0.15, 0.2) is 30.3 Å². The smallest absolute Gasteiger partial charge is 0.412 e. The van der Waals surface area contributed by atoms with E-state index in [-0.39, 0.29) is 5.48 Å². The third-order valence-corrected chi connectivity index (χ3v) is 3.83. The molecule has 2 nitrogen and oxygen atoms in total. The van der Waals surface area contributed by atoms with Crippen molar-refractivity contribution < 1.29 is 5.48 Å². The summed E-state index contributed by atoms with van der Waals surface area (Å²) in [6.07, 6.45) is 0. The molecule has 0 aliphatic carbocycles. The fourth-order valence-corrected chi connectivity index (χ4v) is 2.20. The van der Waals surface area contributed by atoms with Gasteiger partial charge in [0.1, 0.15) is 0 Å². The number of hydrogen-bond donors (Lipinski definition) is 1. The second kappa shape index (κ2) is 3.14. The van der Waals surface area contributed by atoms with Crippen molar-refractivity contribution in [1.82, 2.24) is 0 Å². The Morgan fingerprint density at radius 3 is 1.67 bits per heavy atom. The average molecular weight is 187 g/mol. The van der Waals surface area contributed by atoms with E-state index in [0.717, 1.165) is 0 Å². The van der Waals surface area contributed by atoms with Crippen molar-refractivity contribution in [1.29, 1.82) is 0 Å². The molecule has 0 aliphatic heterocycles. The van der Waals surface area contributed by atoms with E-state index in [0.29, 0.717) is 0 Å². The number of benzene rings is 1. The Kier molecular flexibility index (Phi) is 3.02. The quantitative estimate of drug-likeness (QED) is 0.650. The van der Waals surface area contributed by atoms with E-state index in [2.05, 4.69) is 32.1 Å². The van der Waals surface area contributed by atoms with Crippen molar-refractivity contribution >= 4 is 12.1 Å². The summed E-state index contributed by atoms with van der Waals surface area (Å²) in [6.45, 7) is 4.47. The number of rotatable bonds is 1. The summed E-state index contributed by atoms with van der Waals surface area (Å²) in [6, 6.07) is 10.3. The molecule has 0 bridgehead atoms. The van der Waals surface area contributed by atoms with Crippen LogP contribution in [0, 0.1) is 0 Å². The van der Waals surface area contributed by atoms with Crippen LogP contribution >= 0.6 is 6.75 Å². The van der Waals surface area contributed by atoms with Gasteiger partial charge in [-0.05, 0) is 0 Å². The largest absolute Gasteiger partial charge is 0.412 e. The first kappa shape index (κ1) is 11.6. The van der Waals surface area contributed by atoms with Gasteiger partial charge in [0, 0.05) is 0 Å². The van der Waals surface area contributed by atoms with Gasteiger partial charge in [-0.25, -0.2) is 0 Å². The third kappa shape index (κ3) is 2.90. The molecule has 4 N–H and O–H groups in total. The maximum Gasteiger partial charge on any atom is -0.412 e. The fourth-order valence-electron chi connectivity index (χ4n) is 0.961. The van der Waals surface area contributed by atoms with E-state index in [9.17, 15) is 0 Å². The minimum Gasteiger partial charge on any atom is -0.412 e. The topological polar surface area (TPSA) is 57.5 Å². The molecule has 0 saturated carbocycles. The van der Waals surface area contributed by atoms with E-state index in [4.69, 9.17) is 5.50 Å². The van der Waals surface area contributed by atoms with E-state index >= 15 is 0 Å². The Morgan fingerprint density at radius 2 is 1.42 bits per heavy atom. The molecule has 1 rings (SSSR count). The van der Waals surface area contributed by atoms with Crippen LogP contribution in [0.1, 0.15) is 0 Å². The van der Waals surface area contributed by atoms with E-state index in [1.54, 1.807) is 0 Å². The normalized spacial score (nSPS) is 14.2. The third-order valence-electron chi connectivity index (χ3n) is 1.68. The zero-order valence-electron chi connectivity index (χ0n) is 7.91. The summed E-state index contributed by atoms with van der Waals surface area (Å²) in [7, 11) is 0. The molecule has 0 aromatic heterocycles. The van der Waals surface area contributed by atoms with Gasteiger partial charge < -0.3 is 5.48 Å². The number of nitrogens with two attached hydrogens (primary N) is 1. The number of hydrogen-bond acceptors (Lipinski definition) is 1. The summed E-state index contributed by atoms with van der Waals surface area (Å²) in [5.41, 5.74) is 6.23. The Balaban J connectivity index is 0.00000121. The SMILES string of the molecule is CP(C)(C)(N)c1ccccc1.O. The summed E-state index contributed by atoms with van der Waals surface area (Å²) in [5.74, 6) is 0. The predicted molar refractivity (Wildman–Crippen MR) is 58.6 cm³/mol. The van der Waals surface area contributed by atoms with Gasteiger partial charge in [0.15, 0.2) is 0 Å². The molecule has 12 heavy (non-hydrogen) atoms. The van der Waals surface area contributed by atoms with Crippen molar-refractivity contribution in [3.8, 4) is 0 Å². The van der Waals surface area contributed by atoms with Gasteiger partial charge in [-0.2, -0.15) is 0 Å². The van der Waals surface area contributed by atoms with Crippen molar-refractivity contribution in [3.63, 3.8) is 0 Å². The molecule has 0 heterocycles. The van der Waals surface area contributed by atoms with E-state index < -0.39 is 6.75 Å². The Hall–Kier alpha value is -0.430. The molecular formula is C9H18NOP. The summed E-state index contributed by atoms with van der Waals surface area (Å²) in [4.78, 5) is 0. The Bertz CT molecular complexity index is 241. The van der Waals surface area contributed by atoms with Crippen LogP contribution in [0.2, 0.25) is 0 Å². The molecule has 0 atom stereocenters.